The fourth-order valence-corrected chi connectivity index (χ4v) is 5.23. The van der Waals surface area contributed by atoms with Crippen molar-refractivity contribution in [1.82, 2.24) is 19.3 Å². The molecule has 0 amide bonds. The number of halogens is 2. The molecule has 3 aromatic rings. The highest BCUT2D eigenvalue weighted by molar-refractivity contribution is 7.89. The summed E-state index contributed by atoms with van der Waals surface area (Å²) >= 11 is 12.1. The summed E-state index contributed by atoms with van der Waals surface area (Å²) in [6.45, 7) is 2.32. The van der Waals surface area contributed by atoms with Crippen molar-refractivity contribution in [3.05, 3.63) is 58.3 Å². The molecule has 0 spiro atoms. The summed E-state index contributed by atoms with van der Waals surface area (Å²) in [7, 11) is -2.01. The van der Waals surface area contributed by atoms with Crippen molar-refractivity contribution < 1.29 is 17.7 Å². The summed E-state index contributed by atoms with van der Waals surface area (Å²) in [5, 5.41) is 4.97. The van der Waals surface area contributed by atoms with Gasteiger partial charge in [-0.3, -0.25) is 4.90 Å². The zero-order chi connectivity index (χ0) is 22.0. The average molecular weight is 483 g/mol. The fourth-order valence-electron chi connectivity index (χ4n) is 3.32. The number of methoxy groups -OCH3 is 1. The van der Waals surface area contributed by atoms with Gasteiger partial charge in [-0.25, -0.2) is 8.42 Å². The van der Waals surface area contributed by atoms with Crippen LogP contribution in [-0.4, -0.2) is 61.1 Å². The zero-order valence-corrected chi connectivity index (χ0v) is 19.0. The summed E-state index contributed by atoms with van der Waals surface area (Å²) in [6.07, 6.45) is 0. The summed E-state index contributed by atoms with van der Waals surface area (Å²) in [6, 6.07) is 11.4. The third kappa shape index (κ3) is 4.86. The lowest BCUT2D eigenvalue weighted by Crippen LogP contribution is -2.48. The van der Waals surface area contributed by atoms with E-state index in [1.807, 2.05) is 0 Å². The standard InChI is InChI=1S/C20H20Cl2N4O4S/c1-29-15-3-5-16(6-4-15)31(27,28)26-10-8-25(9-11-26)13-19-23-20(30-24-19)17-7-2-14(21)12-18(17)22/h2-7,12H,8-11,13H2,1H3. The van der Waals surface area contributed by atoms with Crippen LogP contribution in [0.4, 0.5) is 0 Å². The van der Waals surface area contributed by atoms with Crippen molar-refractivity contribution in [3.8, 4) is 17.2 Å². The molecule has 0 N–H and O–H groups in total. The van der Waals surface area contributed by atoms with Crippen LogP contribution >= 0.6 is 23.2 Å². The highest BCUT2D eigenvalue weighted by Crippen LogP contribution is 2.29. The maximum Gasteiger partial charge on any atom is 0.259 e. The monoisotopic (exact) mass is 482 g/mol. The molecule has 31 heavy (non-hydrogen) atoms. The van der Waals surface area contributed by atoms with E-state index in [4.69, 9.17) is 32.5 Å². The Bertz CT molecular complexity index is 1160. The summed E-state index contributed by atoms with van der Waals surface area (Å²) in [5.74, 6) is 1.44. The van der Waals surface area contributed by atoms with Crippen LogP contribution in [0.5, 0.6) is 5.75 Å². The van der Waals surface area contributed by atoms with E-state index in [0.29, 0.717) is 65.8 Å². The first-order valence-electron chi connectivity index (χ1n) is 9.51. The van der Waals surface area contributed by atoms with Gasteiger partial charge in [-0.1, -0.05) is 28.4 Å². The van der Waals surface area contributed by atoms with Gasteiger partial charge in [0.1, 0.15) is 5.75 Å². The van der Waals surface area contributed by atoms with Gasteiger partial charge in [-0.2, -0.15) is 9.29 Å². The van der Waals surface area contributed by atoms with Gasteiger partial charge in [0.05, 0.1) is 29.1 Å². The third-order valence-electron chi connectivity index (χ3n) is 5.02. The van der Waals surface area contributed by atoms with E-state index in [-0.39, 0.29) is 4.90 Å². The van der Waals surface area contributed by atoms with E-state index in [1.165, 1.54) is 4.31 Å². The van der Waals surface area contributed by atoms with Crippen molar-refractivity contribution in [2.45, 2.75) is 11.4 Å². The Morgan fingerprint density at radius 3 is 2.42 bits per heavy atom. The summed E-state index contributed by atoms with van der Waals surface area (Å²) in [4.78, 5) is 6.74. The molecule has 1 aliphatic heterocycles. The van der Waals surface area contributed by atoms with E-state index < -0.39 is 10.0 Å². The van der Waals surface area contributed by atoms with Crippen molar-refractivity contribution >= 4 is 33.2 Å². The second-order valence-corrected chi connectivity index (χ2v) is 9.78. The molecule has 0 atom stereocenters. The number of aromatic nitrogens is 2. The highest BCUT2D eigenvalue weighted by atomic mass is 35.5. The minimum atomic E-state index is -3.55. The molecule has 0 saturated carbocycles. The molecule has 11 heteroatoms. The van der Waals surface area contributed by atoms with Gasteiger partial charge in [0.25, 0.3) is 5.89 Å². The SMILES string of the molecule is COc1ccc(S(=O)(=O)N2CCN(Cc3noc(-c4ccc(Cl)cc4Cl)n3)CC2)cc1. The molecule has 0 bridgehead atoms. The summed E-state index contributed by atoms with van der Waals surface area (Å²) < 4.78 is 37.7. The molecule has 1 aromatic heterocycles. The van der Waals surface area contributed by atoms with E-state index in [1.54, 1.807) is 49.6 Å². The Hall–Kier alpha value is -2.17. The first kappa shape index (κ1) is 22.0. The van der Waals surface area contributed by atoms with Crippen molar-refractivity contribution in [2.75, 3.05) is 33.3 Å². The van der Waals surface area contributed by atoms with E-state index in [2.05, 4.69) is 15.0 Å². The Kier molecular flexibility index (Phi) is 6.49. The minimum Gasteiger partial charge on any atom is -0.497 e. The van der Waals surface area contributed by atoms with E-state index in [9.17, 15) is 8.42 Å². The number of sulfonamides is 1. The normalized spacial score (nSPS) is 15.8. The van der Waals surface area contributed by atoms with Gasteiger partial charge < -0.3 is 9.26 Å². The number of hydrogen-bond acceptors (Lipinski definition) is 7. The van der Waals surface area contributed by atoms with Crippen LogP contribution < -0.4 is 4.74 Å². The van der Waals surface area contributed by atoms with Gasteiger partial charge in [0, 0.05) is 31.2 Å². The Labute approximate surface area is 190 Å². The maximum atomic E-state index is 12.9. The molecular formula is C20H20Cl2N4O4S. The van der Waals surface area contributed by atoms with Crippen molar-refractivity contribution in [3.63, 3.8) is 0 Å². The number of ether oxygens (including phenoxy) is 1. The zero-order valence-electron chi connectivity index (χ0n) is 16.7. The van der Waals surface area contributed by atoms with Crippen LogP contribution in [0.3, 0.4) is 0 Å². The Balaban J connectivity index is 1.37. The van der Waals surface area contributed by atoms with Crippen LogP contribution in [0.25, 0.3) is 11.5 Å². The second-order valence-electron chi connectivity index (χ2n) is 7.00. The predicted molar refractivity (Wildman–Crippen MR) is 117 cm³/mol. The Morgan fingerprint density at radius 1 is 1.06 bits per heavy atom. The molecule has 0 unspecified atom stereocenters. The van der Waals surface area contributed by atoms with Crippen LogP contribution in [-0.2, 0) is 16.6 Å². The van der Waals surface area contributed by atoms with Crippen molar-refractivity contribution in [1.29, 1.82) is 0 Å². The Morgan fingerprint density at radius 2 is 1.77 bits per heavy atom. The van der Waals surface area contributed by atoms with Crippen LogP contribution in [0.15, 0.2) is 51.9 Å². The van der Waals surface area contributed by atoms with Crippen LogP contribution in [0, 0.1) is 0 Å². The van der Waals surface area contributed by atoms with Gasteiger partial charge in [-0.15, -0.1) is 0 Å². The predicted octanol–water partition coefficient (Wildman–Crippen LogP) is 3.56. The van der Waals surface area contributed by atoms with Gasteiger partial charge in [-0.05, 0) is 42.5 Å². The lowest BCUT2D eigenvalue weighted by Gasteiger charge is -2.33. The molecule has 0 aliphatic carbocycles. The van der Waals surface area contributed by atoms with E-state index >= 15 is 0 Å². The van der Waals surface area contributed by atoms with Crippen LogP contribution in [0.2, 0.25) is 10.0 Å². The third-order valence-corrected chi connectivity index (χ3v) is 7.48. The topological polar surface area (TPSA) is 88.8 Å². The molecule has 1 fully saturated rings. The average Bonchev–Trinajstić information content (AvgIpc) is 3.22. The number of rotatable bonds is 6. The lowest BCUT2D eigenvalue weighted by atomic mass is 10.2. The molecule has 8 nitrogen and oxygen atoms in total. The number of hydrogen-bond donors (Lipinski definition) is 0. The van der Waals surface area contributed by atoms with E-state index in [0.717, 1.165) is 0 Å². The molecule has 1 saturated heterocycles. The highest BCUT2D eigenvalue weighted by Gasteiger charge is 2.29. The van der Waals surface area contributed by atoms with Crippen molar-refractivity contribution in [2.24, 2.45) is 0 Å². The molecule has 4 rings (SSSR count). The summed E-state index contributed by atoms with van der Waals surface area (Å²) in [5.41, 5.74) is 0.611. The number of nitrogens with zero attached hydrogens (tertiary/aromatic N) is 4. The molecule has 2 heterocycles. The first-order valence-corrected chi connectivity index (χ1v) is 11.7. The molecular weight excluding hydrogens is 463 g/mol. The lowest BCUT2D eigenvalue weighted by molar-refractivity contribution is 0.176. The fraction of sp³-hybridized carbons (Fsp3) is 0.300. The number of benzene rings is 2. The molecule has 2 aromatic carbocycles. The number of piperazine rings is 1. The first-order chi connectivity index (χ1) is 14.9. The second kappa shape index (κ2) is 9.13. The van der Waals surface area contributed by atoms with Gasteiger partial charge >= 0.3 is 0 Å². The maximum absolute atomic E-state index is 12.9. The van der Waals surface area contributed by atoms with Gasteiger partial charge in [0.15, 0.2) is 5.82 Å². The molecule has 1 aliphatic rings. The smallest absolute Gasteiger partial charge is 0.259 e. The largest absolute Gasteiger partial charge is 0.497 e. The van der Waals surface area contributed by atoms with Crippen LogP contribution in [0.1, 0.15) is 5.82 Å². The van der Waals surface area contributed by atoms with Gasteiger partial charge in [0.2, 0.25) is 10.0 Å². The minimum absolute atomic E-state index is 0.254. The molecule has 164 valence electrons. The quantitative estimate of drug-likeness (QED) is 0.530. The molecule has 0 radical (unpaired) electrons.